The second kappa shape index (κ2) is 8.54. The van der Waals surface area contributed by atoms with E-state index in [1.165, 1.54) is 0 Å². The Labute approximate surface area is 198 Å². The number of aromatic nitrogens is 3. The molecule has 0 radical (unpaired) electrons. The average Bonchev–Trinajstić information content (AvgIpc) is 3.43. The number of aromatic hydroxyl groups is 1. The van der Waals surface area contributed by atoms with E-state index < -0.39 is 0 Å². The maximum atomic E-state index is 10.4. The first kappa shape index (κ1) is 20.8. The molecule has 0 saturated carbocycles. The van der Waals surface area contributed by atoms with E-state index in [4.69, 9.17) is 9.40 Å². The molecule has 34 heavy (non-hydrogen) atoms. The molecule has 8 heteroatoms. The largest absolute Gasteiger partial charge is 0.507 e. The smallest absolute Gasteiger partial charge is 0.151 e. The zero-order chi connectivity index (χ0) is 23.1. The van der Waals surface area contributed by atoms with Crippen LogP contribution in [0.25, 0.3) is 27.9 Å². The fourth-order valence-corrected chi connectivity index (χ4v) is 4.78. The van der Waals surface area contributed by atoms with Gasteiger partial charge in [0.1, 0.15) is 30.8 Å². The van der Waals surface area contributed by atoms with Gasteiger partial charge in [-0.15, -0.1) is 0 Å². The summed E-state index contributed by atoms with van der Waals surface area (Å²) in [6, 6.07) is 19.9. The van der Waals surface area contributed by atoms with Gasteiger partial charge in [-0.25, -0.2) is 4.98 Å². The third-order valence-corrected chi connectivity index (χ3v) is 6.62. The van der Waals surface area contributed by atoms with Crippen molar-refractivity contribution in [2.75, 3.05) is 18.4 Å². The van der Waals surface area contributed by atoms with Gasteiger partial charge >= 0.3 is 0 Å². The first-order valence-electron chi connectivity index (χ1n) is 11.7. The molecule has 3 aromatic heterocycles. The molecule has 2 N–H and O–H groups in total. The summed E-state index contributed by atoms with van der Waals surface area (Å²) < 4.78 is 7.87. The summed E-state index contributed by atoms with van der Waals surface area (Å²) in [5, 5.41) is 19.8. The maximum absolute atomic E-state index is 10.4. The number of para-hydroxylation sites is 2. The first-order chi connectivity index (χ1) is 16.6. The number of anilines is 1. The van der Waals surface area contributed by atoms with Crippen LogP contribution in [0.4, 0.5) is 5.82 Å². The lowest BCUT2D eigenvalue weighted by Gasteiger charge is -2.32. The van der Waals surface area contributed by atoms with Crippen molar-refractivity contribution < 1.29 is 9.52 Å². The highest BCUT2D eigenvalue weighted by molar-refractivity contribution is 6.36. The van der Waals surface area contributed by atoms with E-state index in [0.29, 0.717) is 11.6 Å². The van der Waals surface area contributed by atoms with Crippen molar-refractivity contribution in [3.63, 3.8) is 0 Å². The lowest BCUT2D eigenvalue weighted by atomic mass is 10.0. The zero-order valence-corrected chi connectivity index (χ0v) is 19.1. The number of hydrogen-bond acceptors (Lipinski definition) is 6. The van der Waals surface area contributed by atoms with Crippen LogP contribution in [-0.4, -0.2) is 51.6 Å². The normalized spacial score (nSPS) is 15.3. The molecule has 1 aliphatic rings. The van der Waals surface area contributed by atoms with Gasteiger partial charge in [-0.2, -0.15) is 9.61 Å². The molecule has 1 fully saturated rings. The predicted molar refractivity (Wildman–Crippen MR) is 136 cm³/mol. The molecule has 0 bridgehead atoms. The summed E-state index contributed by atoms with van der Waals surface area (Å²) in [5.41, 5.74) is 4.20. The first-order valence-corrected chi connectivity index (χ1v) is 11.7. The van der Waals surface area contributed by atoms with Crippen LogP contribution >= 0.6 is 0 Å². The molecule has 4 heterocycles. The summed E-state index contributed by atoms with van der Waals surface area (Å²) in [5.74, 6) is 2.14. The van der Waals surface area contributed by atoms with Gasteiger partial charge in [0.15, 0.2) is 5.65 Å². The lowest BCUT2D eigenvalue weighted by Crippen LogP contribution is -2.39. The summed E-state index contributed by atoms with van der Waals surface area (Å²) in [6.07, 6.45) is 3.88. The standard InChI is InChI=1S/C26H26BN5O2/c27-21-15-28-32-25(14-22(30-26(21)32)20-6-2-3-7-23(20)33)29-18-9-11-31(12-10-18)16-19-13-17-5-1-4-8-24(17)34-19/h1-8,13-15,18,29,33H,9-12,16,27H2. The van der Waals surface area contributed by atoms with E-state index in [1.54, 1.807) is 6.07 Å². The number of piperidine rings is 1. The van der Waals surface area contributed by atoms with Crippen molar-refractivity contribution in [1.82, 2.24) is 19.5 Å². The van der Waals surface area contributed by atoms with E-state index in [-0.39, 0.29) is 5.75 Å². The van der Waals surface area contributed by atoms with Gasteiger partial charge in [0.25, 0.3) is 0 Å². The predicted octanol–water partition coefficient (Wildman–Crippen LogP) is 3.18. The van der Waals surface area contributed by atoms with Gasteiger partial charge in [-0.3, -0.25) is 4.90 Å². The summed E-state index contributed by atoms with van der Waals surface area (Å²) in [6.45, 7) is 2.82. The van der Waals surface area contributed by atoms with E-state index in [9.17, 15) is 5.11 Å². The Bertz CT molecular complexity index is 1440. The van der Waals surface area contributed by atoms with Crippen LogP contribution in [0.3, 0.4) is 0 Å². The number of benzene rings is 2. The Morgan fingerprint density at radius 3 is 2.68 bits per heavy atom. The van der Waals surface area contributed by atoms with Crippen molar-refractivity contribution >= 4 is 35.7 Å². The average molecular weight is 451 g/mol. The van der Waals surface area contributed by atoms with Crippen LogP contribution in [-0.2, 0) is 6.54 Å². The number of hydrogen-bond donors (Lipinski definition) is 2. The Kier molecular flexibility index (Phi) is 5.22. The number of likely N-dealkylation sites (tertiary alicyclic amines) is 1. The third kappa shape index (κ3) is 3.90. The minimum atomic E-state index is 0.223. The van der Waals surface area contributed by atoms with Crippen LogP contribution in [0.5, 0.6) is 5.75 Å². The molecular formula is C26H26BN5O2. The minimum Gasteiger partial charge on any atom is -0.507 e. The molecule has 0 spiro atoms. The molecule has 6 rings (SSSR count). The lowest BCUT2D eigenvalue weighted by molar-refractivity contribution is 0.198. The zero-order valence-electron chi connectivity index (χ0n) is 19.1. The summed E-state index contributed by atoms with van der Waals surface area (Å²) in [4.78, 5) is 7.23. The molecular weight excluding hydrogens is 425 g/mol. The minimum absolute atomic E-state index is 0.223. The van der Waals surface area contributed by atoms with Crippen molar-refractivity contribution in [1.29, 1.82) is 0 Å². The number of nitrogens with zero attached hydrogens (tertiary/aromatic N) is 4. The van der Waals surface area contributed by atoms with Crippen LogP contribution in [0.1, 0.15) is 18.6 Å². The third-order valence-electron chi connectivity index (χ3n) is 6.62. The second-order valence-corrected chi connectivity index (χ2v) is 9.05. The van der Waals surface area contributed by atoms with E-state index in [1.807, 2.05) is 61.0 Å². The van der Waals surface area contributed by atoms with Crippen molar-refractivity contribution in [3.8, 4) is 17.0 Å². The fraction of sp³-hybridized carbons (Fsp3) is 0.231. The van der Waals surface area contributed by atoms with Gasteiger partial charge in [0.05, 0.1) is 12.2 Å². The molecule has 0 amide bonds. The Morgan fingerprint density at radius 2 is 1.85 bits per heavy atom. The topological polar surface area (TPSA) is 78.8 Å². The summed E-state index contributed by atoms with van der Waals surface area (Å²) in [7, 11) is 2.00. The van der Waals surface area contributed by atoms with E-state index in [0.717, 1.165) is 71.8 Å². The van der Waals surface area contributed by atoms with Gasteiger partial charge < -0.3 is 14.8 Å². The number of phenols is 1. The van der Waals surface area contributed by atoms with Crippen molar-refractivity contribution in [2.24, 2.45) is 0 Å². The number of rotatable bonds is 5. The highest BCUT2D eigenvalue weighted by Crippen LogP contribution is 2.30. The molecule has 0 atom stereocenters. The molecule has 0 unspecified atom stereocenters. The Hall–Kier alpha value is -3.78. The molecule has 7 nitrogen and oxygen atoms in total. The van der Waals surface area contributed by atoms with Crippen molar-refractivity contribution in [3.05, 3.63) is 72.6 Å². The van der Waals surface area contributed by atoms with Crippen LogP contribution < -0.4 is 10.8 Å². The van der Waals surface area contributed by atoms with E-state index >= 15 is 0 Å². The monoisotopic (exact) mass is 451 g/mol. The number of phenolic OH excluding ortho intramolecular Hbond substituents is 1. The number of nitrogens with one attached hydrogen (secondary N) is 1. The van der Waals surface area contributed by atoms with Gasteiger partial charge in [-0.05, 0) is 42.6 Å². The van der Waals surface area contributed by atoms with Crippen LogP contribution in [0.2, 0.25) is 0 Å². The molecule has 1 saturated heterocycles. The summed E-state index contributed by atoms with van der Waals surface area (Å²) >= 11 is 0. The van der Waals surface area contributed by atoms with Gasteiger partial charge in [0.2, 0.25) is 0 Å². The molecule has 1 aliphatic heterocycles. The van der Waals surface area contributed by atoms with Gasteiger partial charge in [-0.1, -0.05) is 30.3 Å². The second-order valence-electron chi connectivity index (χ2n) is 9.05. The SMILES string of the molecule is Bc1cnn2c(NC3CCN(Cc4cc5ccccc5o4)CC3)cc(-c3ccccc3O)nc12. The van der Waals surface area contributed by atoms with Gasteiger partial charge in [0, 0.05) is 42.3 Å². The number of fused-ring (bicyclic) bond motifs is 2. The highest BCUT2D eigenvalue weighted by atomic mass is 16.3. The quantitative estimate of drug-likeness (QED) is 0.400. The Morgan fingerprint density at radius 1 is 1.06 bits per heavy atom. The number of furan rings is 1. The van der Waals surface area contributed by atoms with Crippen LogP contribution in [0.15, 0.2) is 71.3 Å². The maximum Gasteiger partial charge on any atom is 0.151 e. The molecule has 0 aliphatic carbocycles. The van der Waals surface area contributed by atoms with Crippen LogP contribution in [0, 0.1) is 0 Å². The Balaban J connectivity index is 1.19. The molecule has 5 aromatic rings. The molecule has 170 valence electrons. The van der Waals surface area contributed by atoms with Crippen molar-refractivity contribution in [2.45, 2.75) is 25.4 Å². The fourth-order valence-electron chi connectivity index (χ4n) is 4.78. The van der Waals surface area contributed by atoms with E-state index in [2.05, 4.69) is 27.4 Å². The molecule has 2 aromatic carbocycles. The highest BCUT2D eigenvalue weighted by Gasteiger charge is 2.22.